The monoisotopic (exact) mass is 416 g/mol. The predicted molar refractivity (Wildman–Crippen MR) is 112 cm³/mol. The number of allylic oxidation sites excluding steroid dienone is 3. The lowest BCUT2D eigenvalue weighted by Crippen LogP contribution is -2.52. The van der Waals surface area contributed by atoms with Crippen molar-refractivity contribution in [3.63, 3.8) is 0 Å². The first kappa shape index (κ1) is 19.9. The van der Waals surface area contributed by atoms with E-state index in [1.807, 2.05) is 7.11 Å². The summed E-state index contributed by atoms with van der Waals surface area (Å²) >= 11 is 0. The van der Waals surface area contributed by atoms with Gasteiger partial charge in [0.2, 0.25) is 0 Å². The Bertz CT molecular complexity index is 760. The summed E-state index contributed by atoms with van der Waals surface area (Å²) in [5.74, 6) is 0.492. The largest absolute Gasteiger partial charge is 0.385 e. The van der Waals surface area contributed by atoms with Gasteiger partial charge in [0.05, 0.1) is 26.4 Å². The average molecular weight is 417 g/mol. The minimum absolute atomic E-state index is 0.0824. The first-order chi connectivity index (χ1) is 14.6. The molecule has 4 atom stereocenters. The Morgan fingerprint density at radius 1 is 1.00 bits per heavy atom. The second-order valence-electron chi connectivity index (χ2n) is 10.6. The molecule has 6 rings (SSSR count). The molecular weight excluding hydrogens is 380 g/mol. The zero-order chi connectivity index (χ0) is 20.5. The van der Waals surface area contributed by atoms with Gasteiger partial charge in [0.15, 0.2) is 11.6 Å². The third-order valence-corrected chi connectivity index (χ3v) is 9.58. The molecule has 166 valence electrons. The minimum atomic E-state index is -0.373. The lowest BCUT2D eigenvalue weighted by atomic mass is 9.50. The molecule has 4 aliphatic carbocycles. The molecule has 6 aliphatic rings. The molecular formula is C25H36O5. The van der Waals surface area contributed by atoms with Crippen molar-refractivity contribution in [2.45, 2.75) is 69.9 Å². The van der Waals surface area contributed by atoms with Crippen molar-refractivity contribution in [1.29, 1.82) is 0 Å². The molecule has 0 bridgehead atoms. The van der Waals surface area contributed by atoms with Crippen molar-refractivity contribution in [3.8, 4) is 0 Å². The van der Waals surface area contributed by atoms with E-state index in [0.29, 0.717) is 11.8 Å². The van der Waals surface area contributed by atoms with Crippen LogP contribution in [0.3, 0.4) is 0 Å². The normalized spacial score (nSPS) is 43.3. The van der Waals surface area contributed by atoms with E-state index in [9.17, 15) is 0 Å². The van der Waals surface area contributed by atoms with Crippen LogP contribution in [0.15, 0.2) is 23.3 Å². The van der Waals surface area contributed by atoms with E-state index in [-0.39, 0.29) is 22.4 Å². The molecule has 0 aromatic rings. The van der Waals surface area contributed by atoms with Gasteiger partial charge in [-0.15, -0.1) is 0 Å². The van der Waals surface area contributed by atoms with Crippen molar-refractivity contribution in [2.24, 2.45) is 22.7 Å². The average Bonchev–Trinajstić information content (AvgIpc) is 3.48. The molecule has 2 heterocycles. The van der Waals surface area contributed by atoms with Crippen LogP contribution in [-0.2, 0) is 23.7 Å². The molecule has 0 amide bonds. The van der Waals surface area contributed by atoms with Crippen molar-refractivity contribution in [2.75, 3.05) is 40.1 Å². The molecule has 2 aliphatic heterocycles. The number of rotatable bonds is 3. The first-order valence-electron chi connectivity index (χ1n) is 12.0. The Hall–Kier alpha value is -0.720. The lowest BCUT2D eigenvalue weighted by molar-refractivity contribution is -0.228. The molecule has 4 fully saturated rings. The molecule has 0 N–H and O–H groups in total. The van der Waals surface area contributed by atoms with Crippen LogP contribution in [0.2, 0.25) is 0 Å². The molecule has 0 aromatic carbocycles. The summed E-state index contributed by atoms with van der Waals surface area (Å²) in [4.78, 5) is 0. The number of ether oxygens (including phenoxy) is 5. The quantitative estimate of drug-likeness (QED) is 0.639. The van der Waals surface area contributed by atoms with Gasteiger partial charge in [0.1, 0.15) is 0 Å². The predicted octanol–water partition coefficient (Wildman–Crippen LogP) is 4.37. The summed E-state index contributed by atoms with van der Waals surface area (Å²) in [5, 5.41) is 0. The zero-order valence-corrected chi connectivity index (χ0v) is 18.5. The summed E-state index contributed by atoms with van der Waals surface area (Å²) < 4.78 is 30.4. The highest BCUT2D eigenvalue weighted by Gasteiger charge is 2.65. The van der Waals surface area contributed by atoms with Crippen LogP contribution in [0.25, 0.3) is 0 Å². The summed E-state index contributed by atoms with van der Waals surface area (Å²) in [6.45, 7) is 6.17. The molecule has 5 heteroatoms. The Kier molecular flexibility index (Phi) is 4.57. The maximum absolute atomic E-state index is 6.29. The molecule has 30 heavy (non-hydrogen) atoms. The van der Waals surface area contributed by atoms with Crippen LogP contribution in [-0.4, -0.2) is 51.7 Å². The van der Waals surface area contributed by atoms with E-state index in [2.05, 4.69) is 19.1 Å². The van der Waals surface area contributed by atoms with E-state index in [1.165, 1.54) is 6.42 Å². The van der Waals surface area contributed by atoms with Gasteiger partial charge in [-0.05, 0) is 43.9 Å². The summed E-state index contributed by atoms with van der Waals surface area (Å²) in [6, 6.07) is 0. The van der Waals surface area contributed by atoms with Crippen LogP contribution >= 0.6 is 0 Å². The number of fused-ring (bicyclic) bond motifs is 6. The zero-order valence-electron chi connectivity index (χ0n) is 18.5. The van der Waals surface area contributed by atoms with Crippen molar-refractivity contribution < 1.29 is 23.7 Å². The topological polar surface area (TPSA) is 46.2 Å². The van der Waals surface area contributed by atoms with E-state index in [4.69, 9.17) is 23.7 Å². The minimum Gasteiger partial charge on any atom is -0.385 e. The Morgan fingerprint density at radius 2 is 1.77 bits per heavy atom. The van der Waals surface area contributed by atoms with Gasteiger partial charge < -0.3 is 23.7 Å². The first-order valence-corrected chi connectivity index (χ1v) is 12.0. The van der Waals surface area contributed by atoms with Gasteiger partial charge in [-0.25, -0.2) is 0 Å². The number of methoxy groups -OCH3 is 1. The molecule has 0 radical (unpaired) electrons. The van der Waals surface area contributed by atoms with Crippen LogP contribution in [0.1, 0.15) is 58.3 Å². The van der Waals surface area contributed by atoms with Crippen LogP contribution in [0.4, 0.5) is 0 Å². The maximum Gasteiger partial charge on any atom is 0.174 e. The lowest BCUT2D eigenvalue weighted by Gasteiger charge is -2.56. The summed E-state index contributed by atoms with van der Waals surface area (Å²) in [6.07, 6.45) is 13.6. The molecule has 2 saturated carbocycles. The van der Waals surface area contributed by atoms with E-state index < -0.39 is 0 Å². The molecule has 2 saturated heterocycles. The molecule has 0 unspecified atom stereocenters. The summed E-state index contributed by atoms with van der Waals surface area (Å²) in [7, 11) is 1.83. The number of hydrogen-bond acceptors (Lipinski definition) is 5. The highest BCUT2D eigenvalue weighted by Crippen LogP contribution is 2.68. The van der Waals surface area contributed by atoms with Crippen LogP contribution < -0.4 is 0 Å². The second-order valence-corrected chi connectivity index (χ2v) is 10.6. The standard InChI is InChI=1S/C25H36O5/c1-22-7-5-21-19(20(22)6-8-25(22)29-15-16-30-25)4-3-18-17-24(27-13-14-28-24)10-9-23(18,21)11-12-26-2/h3,5,19-20H,4,6-17H2,1-2H3/t19-,20-,22-,23+/m0/s1. The fourth-order valence-electron chi connectivity index (χ4n) is 8.07. The fourth-order valence-corrected chi connectivity index (χ4v) is 8.07. The van der Waals surface area contributed by atoms with Gasteiger partial charge in [-0.1, -0.05) is 30.2 Å². The SMILES string of the molecule is COCC[C@]12CCC3(CC1=CC[C@@H]1C2=CC[C@@]2(C)[C@H]1CCC21OCCO1)OCCO3. The highest BCUT2D eigenvalue weighted by atomic mass is 16.7. The second kappa shape index (κ2) is 6.89. The van der Waals surface area contributed by atoms with Gasteiger partial charge >= 0.3 is 0 Å². The van der Waals surface area contributed by atoms with Gasteiger partial charge in [-0.2, -0.15) is 0 Å². The third kappa shape index (κ3) is 2.53. The van der Waals surface area contributed by atoms with Gasteiger partial charge in [0, 0.05) is 43.8 Å². The fraction of sp³-hybridized carbons (Fsp3) is 0.840. The van der Waals surface area contributed by atoms with E-state index >= 15 is 0 Å². The van der Waals surface area contributed by atoms with Crippen molar-refractivity contribution in [1.82, 2.24) is 0 Å². The van der Waals surface area contributed by atoms with Crippen molar-refractivity contribution >= 4 is 0 Å². The number of hydrogen-bond donors (Lipinski definition) is 0. The Morgan fingerprint density at radius 3 is 2.53 bits per heavy atom. The highest BCUT2D eigenvalue weighted by molar-refractivity contribution is 5.41. The molecule has 2 spiro atoms. The van der Waals surface area contributed by atoms with Gasteiger partial charge in [-0.3, -0.25) is 0 Å². The van der Waals surface area contributed by atoms with Crippen molar-refractivity contribution in [3.05, 3.63) is 23.3 Å². The Balaban J connectivity index is 1.37. The van der Waals surface area contributed by atoms with E-state index in [1.54, 1.807) is 11.1 Å². The maximum atomic E-state index is 6.29. The van der Waals surface area contributed by atoms with Crippen LogP contribution in [0, 0.1) is 22.7 Å². The van der Waals surface area contributed by atoms with Crippen LogP contribution in [0.5, 0.6) is 0 Å². The Labute approximate surface area is 180 Å². The summed E-state index contributed by atoms with van der Waals surface area (Å²) in [5.41, 5.74) is 3.43. The smallest absolute Gasteiger partial charge is 0.174 e. The molecule has 5 nitrogen and oxygen atoms in total. The van der Waals surface area contributed by atoms with E-state index in [0.717, 1.165) is 78.0 Å². The third-order valence-electron chi connectivity index (χ3n) is 9.58. The van der Waals surface area contributed by atoms with Gasteiger partial charge in [0.25, 0.3) is 0 Å². The molecule has 0 aromatic heterocycles.